The maximum atomic E-state index is 13.2. The van der Waals surface area contributed by atoms with Crippen molar-refractivity contribution >= 4 is 39.8 Å². The summed E-state index contributed by atoms with van der Waals surface area (Å²) in [5, 5.41) is 6.19. The largest absolute Gasteiger partial charge is 0.347 e. The van der Waals surface area contributed by atoms with Gasteiger partial charge in [0.05, 0.1) is 20.5 Å². The minimum absolute atomic E-state index is 0.0298. The van der Waals surface area contributed by atoms with Gasteiger partial charge in [0.15, 0.2) is 0 Å². The average molecular weight is 431 g/mol. The zero-order chi connectivity index (χ0) is 21.1. The standard InChI is InChI=1S/C22H20ClFN2O2S/c1-12-4-5-15(13(2)8-12)11-25-22(28)20-14(3)9-19(29-20)26-21(27)17-7-6-16(24)10-18(17)23/h4-10H,11H2,1-3H3,(H,25,28)(H,26,27). The number of rotatable bonds is 5. The Morgan fingerprint density at radius 3 is 2.45 bits per heavy atom. The van der Waals surface area contributed by atoms with Crippen molar-refractivity contribution in [3.63, 3.8) is 0 Å². The number of halogens is 2. The molecule has 2 aromatic carbocycles. The van der Waals surface area contributed by atoms with E-state index >= 15 is 0 Å². The first-order valence-corrected chi connectivity index (χ1v) is 10.1. The van der Waals surface area contributed by atoms with Gasteiger partial charge in [0, 0.05) is 6.54 Å². The predicted molar refractivity (Wildman–Crippen MR) is 116 cm³/mol. The van der Waals surface area contributed by atoms with Gasteiger partial charge in [0.25, 0.3) is 11.8 Å². The predicted octanol–water partition coefficient (Wildman–Crippen LogP) is 5.65. The number of carbonyl (C=O) groups is 2. The molecule has 2 N–H and O–H groups in total. The Kier molecular flexibility index (Phi) is 6.35. The molecular formula is C22H20ClFN2O2S. The fourth-order valence-electron chi connectivity index (χ4n) is 2.92. The van der Waals surface area contributed by atoms with Gasteiger partial charge in [0.1, 0.15) is 5.82 Å². The summed E-state index contributed by atoms with van der Waals surface area (Å²) in [4.78, 5) is 25.5. The third-order valence-electron chi connectivity index (χ3n) is 4.47. The van der Waals surface area contributed by atoms with Gasteiger partial charge in [0.2, 0.25) is 0 Å². The number of hydrogen-bond donors (Lipinski definition) is 2. The summed E-state index contributed by atoms with van der Waals surface area (Å²) in [5.74, 6) is -1.17. The number of hydrogen-bond acceptors (Lipinski definition) is 3. The van der Waals surface area contributed by atoms with Gasteiger partial charge in [-0.05, 0) is 61.7 Å². The second kappa shape index (κ2) is 8.76. The fraction of sp³-hybridized carbons (Fsp3) is 0.182. The van der Waals surface area contributed by atoms with Crippen molar-refractivity contribution in [3.8, 4) is 0 Å². The van der Waals surface area contributed by atoms with Crippen LogP contribution in [0, 0.1) is 26.6 Å². The topological polar surface area (TPSA) is 58.2 Å². The lowest BCUT2D eigenvalue weighted by molar-refractivity contribution is 0.0953. The first-order chi connectivity index (χ1) is 13.7. The maximum absolute atomic E-state index is 13.2. The van der Waals surface area contributed by atoms with Crippen LogP contribution in [0.25, 0.3) is 0 Å². The van der Waals surface area contributed by atoms with Gasteiger partial charge >= 0.3 is 0 Å². The average Bonchev–Trinajstić information content (AvgIpc) is 3.00. The van der Waals surface area contributed by atoms with E-state index < -0.39 is 11.7 Å². The molecule has 4 nitrogen and oxygen atoms in total. The number of benzene rings is 2. The van der Waals surface area contributed by atoms with E-state index in [4.69, 9.17) is 11.6 Å². The smallest absolute Gasteiger partial charge is 0.261 e. The van der Waals surface area contributed by atoms with Gasteiger partial charge in [-0.2, -0.15) is 0 Å². The van der Waals surface area contributed by atoms with E-state index in [1.807, 2.05) is 32.9 Å². The zero-order valence-electron chi connectivity index (χ0n) is 16.2. The van der Waals surface area contributed by atoms with Crippen LogP contribution in [0.4, 0.5) is 9.39 Å². The molecule has 1 aromatic heterocycles. The number of carbonyl (C=O) groups excluding carboxylic acids is 2. The molecule has 2 amide bonds. The van der Waals surface area contributed by atoms with Crippen molar-refractivity contribution in [2.24, 2.45) is 0 Å². The Morgan fingerprint density at radius 2 is 1.76 bits per heavy atom. The second-order valence-corrected chi connectivity index (χ2v) is 8.27. The number of nitrogens with one attached hydrogen (secondary N) is 2. The molecule has 0 aliphatic carbocycles. The molecule has 0 aliphatic heterocycles. The Hall–Kier alpha value is -2.70. The van der Waals surface area contributed by atoms with E-state index in [9.17, 15) is 14.0 Å². The molecule has 0 saturated carbocycles. The van der Waals surface area contributed by atoms with Crippen molar-refractivity contribution in [1.82, 2.24) is 5.32 Å². The molecule has 3 aromatic rings. The number of amides is 2. The van der Waals surface area contributed by atoms with Crippen LogP contribution in [0.15, 0.2) is 42.5 Å². The molecule has 3 rings (SSSR count). The van der Waals surface area contributed by atoms with Crippen LogP contribution in [0.1, 0.15) is 42.3 Å². The Labute approximate surface area is 177 Å². The van der Waals surface area contributed by atoms with Gasteiger partial charge in [-0.3, -0.25) is 9.59 Å². The van der Waals surface area contributed by atoms with Crippen LogP contribution in [-0.4, -0.2) is 11.8 Å². The maximum Gasteiger partial charge on any atom is 0.261 e. The molecule has 0 unspecified atom stereocenters. The highest BCUT2D eigenvalue weighted by Crippen LogP contribution is 2.28. The summed E-state index contributed by atoms with van der Waals surface area (Å²) >= 11 is 7.12. The lowest BCUT2D eigenvalue weighted by atomic mass is 10.1. The molecule has 29 heavy (non-hydrogen) atoms. The van der Waals surface area contributed by atoms with E-state index in [0.717, 1.165) is 22.8 Å². The molecule has 150 valence electrons. The van der Waals surface area contributed by atoms with Crippen LogP contribution >= 0.6 is 22.9 Å². The van der Waals surface area contributed by atoms with Crippen molar-refractivity contribution < 1.29 is 14.0 Å². The molecule has 0 saturated heterocycles. The van der Waals surface area contributed by atoms with Crippen molar-refractivity contribution in [1.29, 1.82) is 0 Å². The van der Waals surface area contributed by atoms with E-state index in [1.165, 1.54) is 29.0 Å². The third-order valence-corrected chi connectivity index (χ3v) is 5.94. The Morgan fingerprint density at radius 1 is 1.00 bits per heavy atom. The molecule has 0 bridgehead atoms. The van der Waals surface area contributed by atoms with Crippen LogP contribution in [-0.2, 0) is 6.54 Å². The number of anilines is 1. The normalized spacial score (nSPS) is 10.7. The SMILES string of the molecule is Cc1ccc(CNC(=O)c2sc(NC(=O)c3ccc(F)cc3Cl)cc2C)c(C)c1. The van der Waals surface area contributed by atoms with Crippen LogP contribution in [0.2, 0.25) is 5.02 Å². The lowest BCUT2D eigenvalue weighted by Gasteiger charge is -2.08. The summed E-state index contributed by atoms with van der Waals surface area (Å²) in [6, 6.07) is 11.4. The molecule has 7 heteroatoms. The van der Waals surface area contributed by atoms with Crippen molar-refractivity contribution in [3.05, 3.63) is 86.0 Å². The van der Waals surface area contributed by atoms with Gasteiger partial charge < -0.3 is 10.6 Å². The summed E-state index contributed by atoms with van der Waals surface area (Å²) in [7, 11) is 0. The molecule has 0 aliphatic rings. The summed E-state index contributed by atoms with van der Waals surface area (Å²) in [6.45, 7) is 6.27. The van der Waals surface area contributed by atoms with Crippen molar-refractivity contribution in [2.45, 2.75) is 27.3 Å². The van der Waals surface area contributed by atoms with E-state index in [2.05, 4.69) is 16.7 Å². The quantitative estimate of drug-likeness (QED) is 0.549. The third kappa shape index (κ3) is 5.02. The van der Waals surface area contributed by atoms with E-state index in [-0.39, 0.29) is 16.5 Å². The molecule has 0 atom stereocenters. The summed E-state index contributed by atoms with van der Waals surface area (Å²) < 4.78 is 13.2. The highest BCUT2D eigenvalue weighted by atomic mass is 35.5. The Bertz CT molecular complexity index is 1090. The molecule has 0 spiro atoms. The number of thiophene rings is 1. The van der Waals surface area contributed by atoms with E-state index in [1.54, 1.807) is 6.07 Å². The van der Waals surface area contributed by atoms with E-state index in [0.29, 0.717) is 16.4 Å². The highest BCUT2D eigenvalue weighted by Gasteiger charge is 2.17. The molecular weight excluding hydrogens is 411 g/mol. The first kappa shape index (κ1) is 21.0. The first-order valence-electron chi connectivity index (χ1n) is 8.95. The monoisotopic (exact) mass is 430 g/mol. The lowest BCUT2D eigenvalue weighted by Crippen LogP contribution is -2.22. The van der Waals surface area contributed by atoms with Crippen LogP contribution < -0.4 is 10.6 Å². The molecule has 0 fully saturated rings. The van der Waals surface area contributed by atoms with Crippen LogP contribution in [0.3, 0.4) is 0 Å². The van der Waals surface area contributed by atoms with Crippen molar-refractivity contribution in [2.75, 3.05) is 5.32 Å². The molecule has 1 heterocycles. The number of aryl methyl sites for hydroxylation is 3. The Balaban J connectivity index is 1.69. The zero-order valence-corrected chi connectivity index (χ0v) is 17.8. The van der Waals surface area contributed by atoms with Gasteiger partial charge in [-0.25, -0.2) is 4.39 Å². The van der Waals surface area contributed by atoms with Gasteiger partial charge in [-0.15, -0.1) is 11.3 Å². The molecule has 0 radical (unpaired) electrons. The summed E-state index contributed by atoms with van der Waals surface area (Å²) in [5.41, 5.74) is 4.27. The highest BCUT2D eigenvalue weighted by molar-refractivity contribution is 7.18. The van der Waals surface area contributed by atoms with Crippen LogP contribution in [0.5, 0.6) is 0 Å². The minimum Gasteiger partial charge on any atom is -0.347 e. The summed E-state index contributed by atoms with van der Waals surface area (Å²) in [6.07, 6.45) is 0. The van der Waals surface area contributed by atoms with Gasteiger partial charge in [-0.1, -0.05) is 35.4 Å². The fourth-order valence-corrected chi connectivity index (χ4v) is 4.16. The minimum atomic E-state index is -0.513. The second-order valence-electron chi connectivity index (χ2n) is 6.81.